The lowest BCUT2D eigenvalue weighted by Crippen LogP contribution is -2.35. The van der Waals surface area contributed by atoms with Crippen molar-refractivity contribution in [1.29, 1.82) is 0 Å². The molecule has 0 spiro atoms. The predicted molar refractivity (Wildman–Crippen MR) is 90.1 cm³/mol. The molecule has 120 valence electrons. The van der Waals surface area contributed by atoms with Gasteiger partial charge in [-0.15, -0.1) is 11.3 Å². The number of thiophene rings is 1. The molecule has 7 heteroatoms. The molecular formula is C16H19N5OS. The Morgan fingerprint density at radius 2 is 2.13 bits per heavy atom. The van der Waals surface area contributed by atoms with Crippen molar-refractivity contribution in [2.75, 3.05) is 18.0 Å². The van der Waals surface area contributed by atoms with E-state index < -0.39 is 0 Å². The zero-order chi connectivity index (χ0) is 16.0. The van der Waals surface area contributed by atoms with Gasteiger partial charge < -0.3 is 9.42 Å². The highest BCUT2D eigenvalue weighted by molar-refractivity contribution is 7.18. The first-order chi connectivity index (χ1) is 11.1. The van der Waals surface area contributed by atoms with Crippen LogP contribution in [0.1, 0.15) is 40.9 Å². The molecule has 1 atom stereocenters. The standard InChI is InChI=1S/C16H19N5OS/c1-9-10(2)23-16-13(9)15(17-8-18-16)21-6-4-5-12(7-21)14-19-11(3)22-20-14/h8,12H,4-7H2,1-3H3/t12-/m1/s1. The van der Waals surface area contributed by atoms with Crippen LogP contribution in [0.25, 0.3) is 10.2 Å². The Bertz CT molecular complexity index is 855. The minimum Gasteiger partial charge on any atom is -0.355 e. The summed E-state index contributed by atoms with van der Waals surface area (Å²) in [6.45, 7) is 8.02. The molecule has 0 bridgehead atoms. The maximum absolute atomic E-state index is 5.15. The first-order valence-electron chi connectivity index (χ1n) is 7.89. The highest BCUT2D eigenvalue weighted by Gasteiger charge is 2.27. The molecule has 6 nitrogen and oxygen atoms in total. The zero-order valence-electron chi connectivity index (χ0n) is 13.5. The van der Waals surface area contributed by atoms with Crippen LogP contribution in [0.2, 0.25) is 0 Å². The van der Waals surface area contributed by atoms with Crippen molar-refractivity contribution >= 4 is 27.4 Å². The number of rotatable bonds is 2. The molecule has 0 aromatic carbocycles. The van der Waals surface area contributed by atoms with E-state index in [1.54, 1.807) is 17.7 Å². The van der Waals surface area contributed by atoms with Gasteiger partial charge in [-0.1, -0.05) is 5.16 Å². The summed E-state index contributed by atoms with van der Waals surface area (Å²) in [4.78, 5) is 18.2. The van der Waals surface area contributed by atoms with Gasteiger partial charge in [-0.25, -0.2) is 9.97 Å². The van der Waals surface area contributed by atoms with E-state index in [1.165, 1.54) is 15.8 Å². The fourth-order valence-electron chi connectivity index (χ4n) is 3.26. The minimum absolute atomic E-state index is 0.297. The topological polar surface area (TPSA) is 67.9 Å². The summed E-state index contributed by atoms with van der Waals surface area (Å²) in [5.41, 5.74) is 1.29. The Labute approximate surface area is 138 Å². The van der Waals surface area contributed by atoms with Gasteiger partial charge in [-0.05, 0) is 32.3 Å². The average Bonchev–Trinajstić information content (AvgIpc) is 3.12. The van der Waals surface area contributed by atoms with Crippen molar-refractivity contribution in [3.05, 3.63) is 28.5 Å². The Morgan fingerprint density at radius 1 is 1.26 bits per heavy atom. The number of hydrogen-bond acceptors (Lipinski definition) is 7. The molecule has 0 saturated carbocycles. The van der Waals surface area contributed by atoms with Crippen LogP contribution in [-0.4, -0.2) is 33.2 Å². The van der Waals surface area contributed by atoms with E-state index in [1.807, 2.05) is 6.92 Å². The van der Waals surface area contributed by atoms with Gasteiger partial charge >= 0.3 is 0 Å². The lowest BCUT2D eigenvalue weighted by atomic mass is 9.97. The number of aryl methyl sites for hydroxylation is 3. The normalized spacial score (nSPS) is 18.7. The van der Waals surface area contributed by atoms with E-state index in [0.717, 1.165) is 42.4 Å². The largest absolute Gasteiger partial charge is 0.355 e. The van der Waals surface area contributed by atoms with Crippen molar-refractivity contribution in [1.82, 2.24) is 20.1 Å². The smallest absolute Gasteiger partial charge is 0.223 e. The Hall–Kier alpha value is -2.02. The molecule has 4 rings (SSSR count). The van der Waals surface area contributed by atoms with Crippen LogP contribution in [0.4, 0.5) is 5.82 Å². The summed E-state index contributed by atoms with van der Waals surface area (Å²) in [7, 11) is 0. The lowest BCUT2D eigenvalue weighted by molar-refractivity contribution is 0.377. The van der Waals surface area contributed by atoms with Gasteiger partial charge in [-0.2, -0.15) is 4.98 Å². The second-order valence-electron chi connectivity index (χ2n) is 6.12. The van der Waals surface area contributed by atoms with Crippen LogP contribution in [0.5, 0.6) is 0 Å². The Kier molecular flexibility index (Phi) is 3.52. The van der Waals surface area contributed by atoms with Gasteiger partial charge in [0.15, 0.2) is 5.82 Å². The molecule has 0 amide bonds. The third-order valence-corrected chi connectivity index (χ3v) is 5.69. The first kappa shape index (κ1) is 14.6. The van der Waals surface area contributed by atoms with Crippen LogP contribution >= 0.6 is 11.3 Å². The monoisotopic (exact) mass is 329 g/mol. The van der Waals surface area contributed by atoms with E-state index in [9.17, 15) is 0 Å². The maximum Gasteiger partial charge on any atom is 0.223 e. The third-order valence-electron chi connectivity index (χ3n) is 4.57. The Balaban J connectivity index is 1.70. The molecule has 1 fully saturated rings. The highest BCUT2D eigenvalue weighted by Crippen LogP contribution is 2.36. The molecule has 1 aliphatic heterocycles. The van der Waals surface area contributed by atoms with Gasteiger partial charge in [0.05, 0.1) is 5.39 Å². The van der Waals surface area contributed by atoms with Gasteiger partial charge in [0.25, 0.3) is 0 Å². The van der Waals surface area contributed by atoms with E-state index in [0.29, 0.717) is 11.8 Å². The van der Waals surface area contributed by atoms with Crippen LogP contribution in [0.3, 0.4) is 0 Å². The molecule has 0 N–H and O–H groups in total. The van der Waals surface area contributed by atoms with Crippen molar-refractivity contribution in [2.24, 2.45) is 0 Å². The SMILES string of the molecule is Cc1nc([C@@H]2CCCN(c3ncnc4sc(C)c(C)c34)C2)no1. The van der Waals surface area contributed by atoms with E-state index in [4.69, 9.17) is 4.52 Å². The van der Waals surface area contributed by atoms with E-state index >= 15 is 0 Å². The molecule has 3 aromatic heterocycles. The Morgan fingerprint density at radius 3 is 2.91 bits per heavy atom. The minimum atomic E-state index is 0.297. The van der Waals surface area contributed by atoms with Crippen molar-refractivity contribution in [2.45, 2.75) is 39.5 Å². The molecule has 1 saturated heterocycles. The predicted octanol–water partition coefficient (Wildman–Crippen LogP) is 3.38. The second kappa shape index (κ2) is 5.56. The molecule has 3 aromatic rings. The van der Waals surface area contributed by atoms with Crippen LogP contribution < -0.4 is 4.90 Å². The van der Waals surface area contributed by atoms with Gasteiger partial charge in [0.1, 0.15) is 17.0 Å². The molecule has 0 radical (unpaired) electrons. The molecule has 1 aliphatic rings. The summed E-state index contributed by atoms with van der Waals surface area (Å²) < 4.78 is 5.15. The van der Waals surface area contributed by atoms with Crippen LogP contribution in [0, 0.1) is 20.8 Å². The highest BCUT2D eigenvalue weighted by atomic mass is 32.1. The number of hydrogen-bond donors (Lipinski definition) is 0. The molecule has 23 heavy (non-hydrogen) atoms. The summed E-state index contributed by atoms with van der Waals surface area (Å²) >= 11 is 1.74. The van der Waals surface area contributed by atoms with E-state index in [2.05, 4.69) is 38.9 Å². The van der Waals surface area contributed by atoms with Crippen molar-refractivity contribution in [3.8, 4) is 0 Å². The molecule has 0 aliphatic carbocycles. The quantitative estimate of drug-likeness (QED) is 0.718. The maximum atomic E-state index is 5.15. The lowest BCUT2D eigenvalue weighted by Gasteiger charge is -2.32. The number of piperidine rings is 1. The number of aromatic nitrogens is 4. The van der Waals surface area contributed by atoms with Crippen LogP contribution in [0.15, 0.2) is 10.9 Å². The zero-order valence-corrected chi connectivity index (χ0v) is 14.4. The van der Waals surface area contributed by atoms with E-state index in [-0.39, 0.29) is 0 Å². The fraction of sp³-hybridized carbons (Fsp3) is 0.500. The first-order valence-corrected chi connectivity index (χ1v) is 8.71. The van der Waals surface area contributed by atoms with Crippen molar-refractivity contribution < 1.29 is 4.52 Å². The second-order valence-corrected chi connectivity index (χ2v) is 7.32. The average molecular weight is 329 g/mol. The summed E-state index contributed by atoms with van der Waals surface area (Å²) in [5, 5.41) is 5.30. The molecule has 4 heterocycles. The van der Waals surface area contributed by atoms with Crippen LogP contribution in [-0.2, 0) is 0 Å². The summed E-state index contributed by atoms with van der Waals surface area (Å²) in [6, 6.07) is 0. The third kappa shape index (κ3) is 2.49. The molecule has 0 unspecified atom stereocenters. The summed E-state index contributed by atoms with van der Waals surface area (Å²) in [5.74, 6) is 2.79. The number of anilines is 1. The van der Waals surface area contributed by atoms with Gasteiger partial charge in [0, 0.05) is 30.8 Å². The van der Waals surface area contributed by atoms with Gasteiger partial charge in [-0.3, -0.25) is 0 Å². The fourth-order valence-corrected chi connectivity index (χ4v) is 4.26. The number of fused-ring (bicyclic) bond motifs is 1. The molecular weight excluding hydrogens is 310 g/mol. The summed E-state index contributed by atoms with van der Waals surface area (Å²) in [6.07, 6.45) is 3.87. The number of nitrogens with zero attached hydrogens (tertiary/aromatic N) is 5. The van der Waals surface area contributed by atoms with Gasteiger partial charge in [0.2, 0.25) is 5.89 Å². The van der Waals surface area contributed by atoms with Crippen molar-refractivity contribution in [3.63, 3.8) is 0 Å².